The Morgan fingerprint density at radius 3 is 2.48 bits per heavy atom. The highest BCUT2D eigenvalue weighted by atomic mass is 35.5. The van der Waals surface area contributed by atoms with Crippen molar-refractivity contribution in [2.45, 2.75) is 24.8 Å². The standard InChI is InChI=1S/C14H19ClN2O5S/c1-9(2)13(14(19)22-8-12(18)16-3)17-23(20,21)11-6-4-5-10(15)7-11/h4-7,9,13,17H,8H2,1-3H3,(H,16,18)/t13-/m0/s1. The minimum atomic E-state index is -3.95. The van der Waals surface area contributed by atoms with E-state index in [0.29, 0.717) is 0 Å². The Morgan fingerprint density at radius 1 is 1.30 bits per heavy atom. The summed E-state index contributed by atoms with van der Waals surface area (Å²) in [5.74, 6) is -1.69. The molecule has 1 amide bonds. The van der Waals surface area contributed by atoms with Gasteiger partial charge in [0.25, 0.3) is 5.91 Å². The maximum absolute atomic E-state index is 12.3. The molecule has 0 aromatic heterocycles. The number of ether oxygens (including phenoxy) is 1. The van der Waals surface area contributed by atoms with Crippen molar-refractivity contribution >= 4 is 33.5 Å². The highest BCUT2D eigenvalue weighted by molar-refractivity contribution is 7.89. The molecule has 0 radical (unpaired) electrons. The van der Waals surface area contributed by atoms with Gasteiger partial charge in [-0.2, -0.15) is 4.72 Å². The minimum Gasteiger partial charge on any atom is -0.454 e. The number of hydrogen-bond donors (Lipinski definition) is 2. The molecule has 9 heteroatoms. The number of benzene rings is 1. The van der Waals surface area contributed by atoms with E-state index in [1.54, 1.807) is 13.8 Å². The minimum absolute atomic E-state index is 0.0604. The van der Waals surface area contributed by atoms with Crippen LogP contribution < -0.4 is 10.0 Å². The lowest BCUT2D eigenvalue weighted by Gasteiger charge is -2.20. The highest BCUT2D eigenvalue weighted by Crippen LogP contribution is 2.17. The Bertz CT molecular complexity index is 676. The molecule has 1 rings (SSSR count). The van der Waals surface area contributed by atoms with Gasteiger partial charge >= 0.3 is 5.97 Å². The number of esters is 1. The second kappa shape index (κ2) is 8.28. The van der Waals surface area contributed by atoms with E-state index in [1.165, 1.54) is 31.3 Å². The number of likely N-dealkylation sites (N-methyl/N-ethyl adjacent to an activating group) is 1. The number of hydrogen-bond acceptors (Lipinski definition) is 5. The summed E-state index contributed by atoms with van der Waals surface area (Å²) >= 11 is 5.78. The lowest BCUT2D eigenvalue weighted by atomic mass is 10.1. The molecule has 0 saturated carbocycles. The SMILES string of the molecule is CNC(=O)COC(=O)[C@@H](NS(=O)(=O)c1cccc(Cl)c1)C(C)C. The predicted octanol–water partition coefficient (Wildman–Crippen LogP) is 0.932. The van der Waals surface area contributed by atoms with Gasteiger partial charge in [-0.25, -0.2) is 8.42 Å². The van der Waals surface area contributed by atoms with Gasteiger partial charge in [0.2, 0.25) is 10.0 Å². The van der Waals surface area contributed by atoms with Crippen LogP contribution in [-0.4, -0.2) is 40.0 Å². The molecule has 0 fully saturated rings. The maximum atomic E-state index is 12.3. The van der Waals surface area contributed by atoms with Crippen LogP contribution in [-0.2, 0) is 24.3 Å². The second-order valence-corrected chi connectivity index (χ2v) is 7.23. The molecule has 0 bridgehead atoms. The van der Waals surface area contributed by atoms with Gasteiger partial charge in [-0.15, -0.1) is 0 Å². The highest BCUT2D eigenvalue weighted by Gasteiger charge is 2.30. The zero-order chi connectivity index (χ0) is 17.6. The van der Waals surface area contributed by atoms with Crippen LogP contribution in [0, 0.1) is 5.92 Å². The van der Waals surface area contributed by atoms with Crippen LogP contribution in [0.15, 0.2) is 29.2 Å². The Balaban J connectivity index is 2.90. The zero-order valence-electron chi connectivity index (χ0n) is 13.0. The summed E-state index contributed by atoms with van der Waals surface area (Å²) < 4.78 is 31.8. The number of carbonyl (C=O) groups is 2. The third-order valence-electron chi connectivity index (χ3n) is 2.93. The number of nitrogens with one attached hydrogen (secondary N) is 2. The van der Waals surface area contributed by atoms with E-state index in [4.69, 9.17) is 16.3 Å². The van der Waals surface area contributed by atoms with Crippen molar-refractivity contribution in [1.29, 1.82) is 0 Å². The first-order chi connectivity index (χ1) is 10.7. The zero-order valence-corrected chi connectivity index (χ0v) is 14.6. The van der Waals surface area contributed by atoms with Gasteiger partial charge in [-0.1, -0.05) is 31.5 Å². The van der Waals surface area contributed by atoms with Gasteiger partial charge < -0.3 is 10.1 Å². The number of halogens is 1. The molecule has 23 heavy (non-hydrogen) atoms. The monoisotopic (exact) mass is 362 g/mol. The van der Waals surface area contributed by atoms with E-state index < -0.39 is 34.5 Å². The van der Waals surface area contributed by atoms with E-state index >= 15 is 0 Å². The molecule has 1 aromatic carbocycles. The van der Waals surface area contributed by atoms with Crippen LogP contribution in [0.25, 0.3) is 0 Å². The van der Waals surface area contributed by atoms with Crippen molar-refractivity contribution < 1.29 is 22.7 Å². The van der Waals surface area contributed by atoms with E-state index in [1.807, 2.05) is 0 Å². The molecule has 128 valence electrons. The van der Waals surface area contributed by atoms with Crippen molar-refractivity contribution in [2.24, 2.45) is 5.92 Å². The van der Waals surface area contributed by atoms with E-state index in [2.05, 4.69) is 10.0 Å². The van der Waals surface area contributed by atoms with Crippen LogP contribution in [0.1, 0.15) is 13.8 Å². The first kappa shape index (κ1) is 19.4. The number of amides is 1. The summed E-state index contributed by atoms with van der Waals surface area (Å²) in [6.45, 7) is 2.84. The van der Waals surface area contributed by atoms with Crippen molar-refractivity contribution in [1.82, 2.24) is 10.0 Å². The second-order valence-electron chi connectivity index (χ2n) is 5.08. The molecule has 0 aliphatic heterocycles. The molecule has 2 N–H and O–H groups in total. The maximum Gasteiger partial charge on any atom is 0.324 e. The summed E-state index contributed by atoms with van der Waals surface area (Å²) in [5, 5.41) is 2.56. The average Bonchev–Trinajstić information content (AvgIpc) is 2.49. The van der Waals surface area contributed by atoms with Gasteiger partial charge in [0, 0.05) is 12.1 Å². The molecular formula is C14H19ClN2O5S. The molecule has 1 aromatic rings. The first-order valence-electron chi connectivity index (χ1n) is 6.82. The summed E-state index contributed by atoms with van der Waals surface area (Å²) in [6.07, 6.45) is 0. The molecule has 0 saturated heterocycles. The van der Waals surface area contributed by atoms with Crippen LogP contribution in [0.5, 0.6) is 0 Å². The molecule has 0 heterocycles. The largest absolute Gasteiger partial charge is 0.454 e. The fourth-order valence-corrected chi connectivity index (χ4v) is 3.26. The number of sulfonamides is 1. The number of rotatable bonds is 7. The Kier molecular flexibility index (Phi) is 6.99. The van der Waals surface area contributed by atoms with Crippen LogP contribution in [0.2, 0.25) is 5.02 Å². The van der Waals surface area contributed by atoms with Gasteiger partial charge in [-0.05, 0) is 24.1 Å². The summed E-state index contributed by atoms with van der Waals surface area (Å²) in [7, 11) is -2.55. The molecule has 7 nitrogen and oxygen atoms in total. The lowest BCUT2D eigenvalue weighted by Crippen LogP contribution is -2.46. The summed E-state index contributed by atoms with van der Waals surface area (Å²) in [6, 6.07) is 4.55. The molecule has 0 unspecified atom stereocenters. The molecule has 1 atom stereocenters. The van der Waals surface area contributed by atoms with Crippen LogP contribution >= 0.6 is 11.6 Å². The Hall–Kier alpha value is -1.64. The quantitative estimate of drug-likeness (QED) is 0.703. The van der Waals surface area contributed by atoms with Crippen molar-refractivity contribution in [3.8, 4) is 0 Å². The van der Waals surface area contributed by atoms with Crippen molar-refractivity contribution in [3.05, 3.63) is 29.3 Å². The smallest absolute Gasteiger partial charge is 0.324 e. The Morgan fingerprint density at radius 2 is 1.96 bits per heavy atom. The fraction of sp³-hybridized carbons (Fsp3) is 0.429. The molecule has 0 aliphatic rings. The fourth-order valence-electron chi connectivity index (χ4n) is 1.62. The first-order valence-corrected chi connectivity index (χ1v) is 8.68. The van der Waals surface area contributed by atoms with E-state index in [-0.39, 0.29) is 15.8 Å². The third kappa shape index (κ3) is 5.81. The van der Waals surface area contributed by atoms with Crippen LogP contribution in [0.4, 0.5) is 0 Å². The Labute approximate surface area is 140 Å². The van der Waals surface area contributed by atoms with Crippen molar-refractivity contribution in [3.63, 3.8) is 0 Å². The topological polar surface area (TPSA) is 102 Å². The summed E-state index contributed by atoms with van der Waals surface area (Å²) in [5.41, 5.74) is 0. The molecular weight excluding hydrogens is 344 g/mol. The number of carbonyl (C=O) groups excluding carboxylic acids is 2. The summed E-state index contributed by atoms with van der Waals surface area (Å²) in [4.78, 5) is 23.1. The normalized spacial score (nSPS) is 12.7. The van der Waals surface area contributed by atoms with Gasteiger partial charge in [0.05, 0.1) is 4.90 Å². The van der Waals surface area contributed by atoms with Crippen LogP contribution in [0.3, 0.4) is 0 Å². The third-order valence-corrected chi connectivity index (χ3v) is 4.61. The van der Waals surface area contributed by atoms with Gasteiger partial charge in [0.1, 0.15) is 6.04 Å². The predicted molar refractivity (Wildman–Crippen MR) is 85.4 cm³/mol. The van der Waals surface area contributed by atoms with Gasteiger partial charge in [0.15, 0.2) is 6.61 Å². The molecule has 0 aliphatic carbocycles. The van der Waals surface area contributed by atoms with Crippen molar-refractivity contribution in [2.75, 3.05) is 13.7 Å². The average molecular weight is 363 g/mol. The lowest BCUT2D eigenvalue weighted by molar-refractivity contribution is -0.151. The van der Waals surface area contributed by atoms with Gasteiger partial charge in [-0.3, -0.25) is 9.59 Å². The van der Waals surface area contributed by atoms with E-state index in [9.17, 15) is 18.0 Å². The van der Waals surface area contributed by atoms with E-state index in [0.717, 1.165) is 0 Å². The molecule has 0 spiro atoms.